The molecule has 0 radical (unpaired) electrons. The summed E-state index contributed by atoms with van der Waals surface area (Å²) in [6.45, 7) is 1.62. The maximum atomic E-state index is 10.5. The van der Waals surface area contributed by atoms with Crippen LogP contribution in [0.2, 0.25) is 0 Å². The molecule has 0 aliphatic heterocycles. The van der Waals surface area contributed by atoms with E-state index in [4.69, 9.17) is 0 Å². The fourth-order valence-electron chi connectivity index (χ4n) is 0.765. The van der Waals surface area contributed by atoms with Crippen LogP contribution in [0.5, 0.6) is 0 Å². The highest BCUT2D eigenvalue weighted by Crippen LogP contribution is 2.10. The first-order chi connectivity index (χ1) is 5.42. The Morgan fingerprint density at radius 3 is 2.17 bits per heavy atom. The van der Waals surface area contributed by atoms with Crippen LogP contribution >= 0.6 is 0 Å². The standard InChI is InChI=1S/C7H13NO4/c1-2-7(8,6(11)12)4-3-5(9)10/h2-4,8H2,1H3,(H,9,10)(H,11,12)/p-1/t7-/m0/s1. The summed E-state index contributed by atoms with van der Waals surface area (Å²) in [6, 6.07) is 0. The lowest BCUT2D eigenvalue weighted by Gasteiger charge is -2.25. The van der Waals surface area contributed by atoms with Gasteiger partial charge in [0.25, 0.3) is 0 Å². The Labute approximate surface area is 70.2 Å². The van der Waals surface area contributed by atoms with Crippen molar-refractivity contribution in [3.8, 4) is 0 Å². The number of carboxylic acid groups (broad SMARTS) is 2. The minimum absolute atomic E-state index is 0.0475. The Morgan fingerprint density at radius 1 is 1.42 bits per heavy atom. The Hall–Kier alpha value is -1.10. The summed E-state index contributed by atoms with van der Waals surface area (Å²) in [5, 5.41) is 20.5. The molecule has 0 saturated carbocycles. The molecule has 0 heterocycles. The predicted molar refractivity (Wildman–Crippen MR) is 35.2 cm³/mol. The number of aliphatic carboxylic acids is 2. The Morgan fingerprint density at radius 2 is 1.92 bits per heavy atom. The zero-order valence-corrected chi connectivity index (χ0v) is 6.96. The number of carbonyl (C=O) groups excluding carboxylic acids is 2. The third kappa shape index (κ3) is 2.87. The van der Waals surface area contributed by atoms with Crippen LogP contribution in [0.4, 0.5) is 0 Å². The largest absolute Gasteiger partial charge is 0.550 e. The summed E-state index contributed by atoms with van der Waals surface area (Å²) in [5.41, 5.74) is 2.11. The second-order valence-electron chi connectivity index (χ2n) is 2.79. The average Bonchev–Trinajstić information content (AvgIpc) is 1.99. The first-order valence-corrected chi connectivity index (χ1v) is 3.69. The summed E-state index contributed by atoms with van der Waals surface area (Å²) >= 11 is 0. The highest BCUT2D eigenvalue weighted by molar-refractivity contribution is 5.75. The lowest BCUT2D eigenvalue weighted by Crippen LogP contribution is -2.79. The number of rotatable bonds is 5. The molecule has 0 fully saturated rings. The van der Waals surface area contributed by atoms with Crippen molar-refractivity contribution in [1.82, 2.24) is 0 Å². The number of quaternary nitrogens is 1. The Kier molecular flexibility index (Phi) is 3.69. The first kappa shape index (κ1) is 10.9. The van der Waals surface area contributed by atoms with Crippen molar-refractivity contribution >= 4 is 11.9 Å². The Bertz CT molecular complexity index is 192. The zero-order chi connectivity index (χ0) is 9.78. The van der Waals surface area contributed by atoms with Crippen molar-refractivity contribution in [2.45, 2.75) is 31.7 Å². The highest BCUT2D eigenvalue weighted by Gasteiger charge is 2.28. The van der Waals surface area contributed by atoms with Crippen LogP contribution in [-0.4, -0.2) is 17.5 Å². The van der Waals surface area contributed by atoms with Crippen LogP contribution in [0.1, 0.15) is 26.2 Å². The van der Waals surface area contributed by atoms with Crippen molar-refractivity contribution in [1.29, 1.82) is 0 Å². The average molecular weight is 174 g/mol. The van der Waals surface area contributed by atoms with E-state index in [1.54, 1.807) is 6.92 Å². The fraction of sp³-hybridized carbons (Fsp3) is 0.714. The third-order valence-electron chi connectivity index (χ3n) is 1.92. The molecule has 1 atom stereocenters. The number of carbonyl (C=O) groups is 2. The molecule has 0 saturated heterocycles. The van der Waals surface area contributed by atoms with Gasteiger partial charge in [0.1, 0.15) is 11.5 Å². The van der Waals surface area contributed by atoms with E-state index in [0.29, 0.717) is 0 Å². The molecule has 0 unspecified atom stereocenters. The second kappa shape index (κ2) is 4.06. The fourth-order valence-corrected chi connectivity index (χ4v) is 0.765. The first-order valence-electron chi connectivity index (χ1n) is 3.69. The van der Waals surface area contributed by atoms with E-state index in [1.807, 2.05) is 0 Å². The van der Waals surface area contributed by atoms with Gasteiger partial charge in [-0.1, -0.05) is 6.92 Å². The molecule has 0 aromatic rings. The van der Waals surface area contributed by atoms with Gasteiger partial charge in [0.15, 0.2) is 0 Å². The quantitative estimate of drug-likeness (QED) is 0.470. The van der Waals surface area contributed by atoms with Gasteiger partial charge in [-0.05, 0) is 6.42 Å². The van der Waals surface area contributed by atoms with Crippen molar-refractivity contribution in [2.75, 3.05) is 0 Å². The van der Waals surface area contributed by atoms with Gasteiger partial charge in [0.05, 0.1) is 0 Å². The van der Waals surface area contributed by atoms with Gasteiger partial charge in [-0.3, -0.25) is 0 Å². The molecule has 0 amide bonds. The molecule has 70 valence electrons. The van der Waals surface area contributed by atoms with Gasteiger partial charge in [-0.25, -0.2) is 0 Å². The summed E-state index contributed by atoms with van der Waals surface area (Å²) in [6.07, 6.45) is -0.0951. The van der Waals surface area contributed by atoms with Crippen LogP contribution in [0, 0.1) is 0 Å². The van der Waals surface area contributed by atoms with Crippen LogP contribution in [0.15, 0.2) is 0 Å². The zero-order valence-electron chi connectivity index (χ0n) is 6.96. The molecule has 0 aromatic carbocycles. The molecule has 3 N–H and O–H groups in total. The molecule has 0 spiro atoms. The molecular formula is C7H12NO4-. The highest BCUT2D eigenvalue weighted by atomic mass is 16.4. The van der Waals surface area contributed by atoms with Gasteiger partial charge >= 0.3 is 0 Å². The van der Waals surface area contributed by atoms with E-state index in [0.717, 1.165) is 0 Å². The number of hydrogen-bond acceptors (Lipinski definition) is 4. The van der Waals surface area contributed by atoms with Crippen LogP contribution in [0.3, 0.4) is 0 Å². The lowest BCUT2D eigenvalue weighted by molar-refractivity contribution is -0.488. The molecule has 0 rings (SSSR count). The summed E-state index contributed by atoms with van der Waals surface area (Å²) in [4.78, 5) is 20.5. The van der Waals surface area contributed by atoms with Crippen LogP contribution in [-0.2, 0) is 9.59 Å². The smallest absolute Gasteiger partial charge is 0.135 e. The Balaban J connectivity index is 4.15. The van der Waals surface area contributed by atoms with E-state index in [-0.39, 0.29) is 19.3 Å². The maximum Gasteiger partial charge on any atom is 0.135 e. The van der Waals surface area contributed by atoms with Gasteiger partial charge < -0.3 is 25.5 Å². The molecule has 0 aliphatic rings. The van der Waals surface area contributed by atoms with Crippen molar-refractivity contribution < 1.29 is 25.5 Å². The maximum absolute atomic E-state index is 10.5. The monoisotopic (exact) mass is 174 g/mol. The molecule has 12 heavy (non-hydrogen) atoms. The molecule has 0 bridgehead atoms. The molecule has 5 heteroatoms. The predicted octanol–water partition coefficient (Wildman–Crippen LogP) is -3.34. The summed E-state index contributed by atoms with van der Waals surface area (Å²) in [7, 11) is 0. The van der Waals surface area contributed by atoms with E-state index in [1.165, 1.54) is 0 Å². The van der Waals surface area contributed by atoms with E-state index < -0.39 is 17.5 Å². The normalized spacial score (nSPS) is 15.2. The topological polar surface area (TPSA) is 108 Å². The minimum Gasteiger partial charge on any atom is -0.550 e. The SMILES string of the molecule is CC[C@]([NH3+])(CCC(=O)[O-])C(=O)[O-]. The summed E-state index contributed by atoms with van der Waals surface area (Å²) < 4.78 is 0. The lowest BCUT2D eigenvalue weighted by atomic mass is 9.92. The van der Waals surface area contributed by atoms with Gasteiger partial charge in [-0.15, -0.1) is 0 Å². The van der Waals surface area contributed by atoms with Crippen molar-refractivity contribution in [3.63, 3.8) is 0 Å². The minimum atomic E-state index is -1.31. The third-order valence-corrected chi connectivity index (χ3v) is 1.92. The molecule has 5 nitrogen and oxygen atoms in total. The van der Waals surface area contributed by atoms with Gasteiger partial charge in [-0.2, -0.15) is 0 Å². The van der Waals surface area contributed by atoms with Crippen molar-refractivity contribution in [2.24, 2.45) is 0 Å². The molecular weight excluding hydrogens is 162 g/mol. The van der Waals surface area contributed by atoms with Crippen molar-refractivity contribution in [3.05, 3.63) is 0 Å². The second-order valence-corrected chi connectivity index (χ2v) is 2.79. The number of hydrogen-bond donors (Lipinski definition) is 1. The molecule has 0 aromatic heterocycles. The van der Waals surface area contributed by atoms with E-state index in [2.05, 4.69) is 5.73 Å². The van der Waals surface area contributed by atoms with Gasteiger partial charge in [0.2, 0.25) is 0 Å². The van der Waals surface area contributed by atoms with E-state index >= 15 is 0 Å². The van der Waals surface area contributed by atoms with E-state index in [9.17, 15) is 19.8 Å². The number of carboxylic acids is 2. The van der Waals surface area contributed by atoms with Crippen LogP contribution < -0.4 is 15.9 Å². The van der Waals surface area contributed by atoms with Crippen LogP contribution in [0.25, 0.3) is 0 Å². The van der Waals surface area contributed by atoms with Gasteiger partial charge in [0, 0.05) is 18.8 Å². The molecule has 0 aliphatic carbocycles. The summed E-state index contributed by atoms with van der Waals surface area (Å²) in [5.74, 6) is -2.58.